The van der Waals surface area contributed by atoms with Crippen LogP contribution in [0.25, 0.3) is 0 Å². The minimum atomic E-state index is -0.323. The minimum absolute atomic E-state index is 0.203. The molecule has 0 fully saturated rings. The van der Waals surface area contributed by atoms with E-state index in [-0.39, 0.29) is 11.6 Å². The molecule has 7 heteroatoms. The molecule has 2 aromatic heterocycles. The highest BCUT2D eigenvalue weighted by molar-refractivity contribution is 5.98. The number of aromatic nitrogens is 5. The van der Waals surface area contributed by atoms with Crippen LogP contribution in [0.4, 0.5) is 11.5 Å². The normalized spacial score (nSPS) is 10.8. The molecule has 0 unspecified atom stereocenters. The lowest BCUT2D eigenvalue weighted by Gasteiger charge is -2.07. The molecule has 1 aromatic carbocycles. The number of rotatable bonds is 3. The predicted molar refractivity (Wildman–Crippen MR) is 87.0 cm³/mol. The van der Waals surface area contributed by atoms with Crippen LogP contribution in [0.15, 0.2) is 24.3 Å². The zero-order chi connectivity index (χ0) is 16.6. The first-order chi connectivity index (χ1) is 11.0. The van der Waals surface area contributed by atoms with E-state index in [0.717, 1.165) is 22.6 Å². The molecular formula is C16H18N6O. The molecule has 3 rings (SSSR count). The van der Waals surface area contributed by atoms with Crippen molar-refractivity contribution in [1.82, 2.24) is 25.2 Å². The smallest absolute Gasteiger partial charge is 0.302 e. The van der Waals surface area contributed by atoms with Gasteiger partial charge in [0.2, 0.25) is 0 Å². The summed E-state index contributed by atoms with van der Waals surface area (Å²) in [5.74, 6) is 0.0569. The first-order valence-corrected chi connectivity index (χ1v) is 7.28. The van der Waals surface area contributed by atoms with Crippen LogP contribution in [-0.4, -0.2) is 31.1 Å². The Morgan fingerprint density at radius 2 is 1.87 bits per heavy atom. The third-order valence-electron chi connectivity index (χ3n) is 3.72. The minimum Gasteiger partial charge on any atom is -0.337 e. The van der Waals surface area contributed by atoms with Crippen LogP contribution in [0.2, 0.25) is 0 Å². The lowest BCUT2D eigenvalue weighted by Crippen LogP contribution is -2.17. The average molecular weight is 310 g/mol. The molecular weight excluding hydrogens is 292 g/mol. The lowest BCUT2D eigenvalue weighted by atomic mass is 10.1. The molecule has 7 nitrogen and oxygen atoms in total. The van der Waals surface area contributed by atoms with Gasteiger partial charge in [-0.15, -0.1) is 10.2 Å². The van der Waals surface area contributed by atoms with Crippen molar-refractivity contribution in [2.45, 2.75) is 27.7 Å². The van der Waals surface area contributed by atoms with Gasteiger partial charge in [0.15, 0.2) is 11.5 Å². The number of nitrogens with one attached hydrogen (secondary N) is 2. The molecule has 0 radical (unpaired) electrons. The average Bonchev–Trinajstić information content (AvgIpc) is 3.08. The van der Waals surface area contributed by atoms with Crippen molar-refractivity contribution in [3.63, 3.8) is 0 Å². The fraction of sp³-hybridized carbons (Fsp3) is 0.250. The van der Waals surface area contributed by atoms with Gasteiger partial charge < -0.3 is 5.32 Å². The molecule has 0 amide bonds. The van der Waals surface area contributed by atoms with Gasteiger partial charge in [-0.2, -0.15) is 15.0 Å². The number of aryl methyl sites for hydroxylation is 4. The van der Waals surface area contributed by atoms with Gasteiger partial charge in [0, 0.05) is 11.4 Å². The molecule has 0 aliphatic carbocycles. The first-order valence-electron chi connectivity index (χ1n) is 7.28. The van der Waals surface area contributed by atoms with E-state index in [1.54, 1.807) is 0 Å². The molecule has 2 N–H and O–H groups in total. The summed E-state index contributed by atoms with van der Waals surface area (Å²) >= 11 is 0. The molecule has 23 heavy (non-hydrogen) atoms. The molecule has 0 aliphatic heterocycles. The van der Waals surface area contributed by atoms with Crippen LogP contribution < -0.4 is 5.32 Å². The predicted octanol–water partition coefficient (Wildman–Crippen LogP) is 2.67. The summed E-state index contributed by atoms with van der Waals surface area (Å²) in [6.07, 6.45) is 0. The Bertz CT molecular complexity index is 877. The summed E-state index contributed by atoms with van der Waals surface area (Å²) in [6, 6.07) is 7.80. The highest BCUT2D eigenvalue weighted by Gasteiger charge is 2.21. The number of H-pyrrole nitrogens is 1. The Kier molecular flexibility index (Phi) is 3.69. The van der Waals surface area contributed by atoms with Gasteiger partial charge in [-0.1, -0.05) is 6.07 Å². The topological polar surface area (TPSA) is 88.5 Å². The zero-order valence-electron chi connectivity index (χ0n) is 13.5. The van der Waals surface area contributed by atoms with Crippen molar-refractivity contribution in [3.05, 3.63) is 52.5 Å². The van der Waals surface area contributed by atoms with E-state index in [1.807, 2.05) is 52.0 Å². The fourth-order valence-corrected chi connectivity index (χ4v) is 2.36. The van der Waals surface area contributed by atoms with Gasteiger partial charge in [0.25, 0.3) is 0 Å². The summed E-state index contributed by atoms with van der Waals surface area (Å²) in [5.41, 5.74) is 4.95. The lowest BCUT2D eigenvalue weighted by molar-refractivity contribution is 0.0938. The molecule has 3 aromatic rings. The third-order valence-corrected chi connectivity index (χ3v) is 3.72. The molecule has 2 heterocycles. The maximum atomic E-state index is 12.6. The molecule has 0 aliphatic rings. The number of nitrogens with zero attached hydrogens (tertiary/aromatic N) is 4. The van der Waals surface area contributed by atoms with Gasteiger partial charge in [-0.05, 0) is 57.0 Å². The standard InChI is InChI=1S/C16H18N6O/c1-9-5-6-13(7-10(9)2)17-15-14(18-21-19-15)16(23)22-12(4)8-11(3)20-22/h5-8H,1-4H3,(H2,17,18,19,21). The summed E-state index contributed by atoms with van der Waals surface area (Å²) in [7, 11) is 0. The highest BCUT2D eigenvalue weighted by atomic mass is 16.2. The maximum Gasteiger partial charge on any atom is 0.302 e. The SMILES string of the molecule is Cc1cc(C)n(C(=O)c2n[nH]nc2Nc2ccc(C)c(C)c2)n1. The van der Waals surface area contributed by atoms with Crippen molar-refractivity contribution in [2.24, 2.45) is 0 Å². The van der Waals surface area contributed by atoms with Gasteiger partial charge in [-0.3, -0.25) is 4.79 Å². The first kappa shape index (κ1) is 15.0. The third kappa shape index (κ3) is 2.85. The molecule has 0 spiro atoms. The second kappa shape index (κ2) is 5.68. The Hall–Kier alpha value is -2.96. The van der Waals surface area contributed by atoms with Crippen LogP contribution in [0.1, 0.15) is 33.0 Å². The van der Waals surface area contributed by atoms with Crippen LogP contribution >= 0.6 is 0 Å². The van der Waals surface area contributed by atoms with E-state index in [0.29, 0.717) is 5.82 Å². The number of benzene rings is 1. The van der Waals surface area contributed by atoms with Crippen LogP contribution in [0.3, 0.4) is 0 Å². The largest absolute Gasteiger partial charge is 0.337 e. The number of anilines is 2. The Morgan fingerprint density at radius 1 is 1.09 bits per heavy atom. The van der Waals surface area contributed by atoms with Crippen molar-refractivity contribution in [3.8, 4) is 0 Å². The maximum absolute atomic E-state index is 12.6. The zero-order valence-corrected chi connectivity index (χ0v) is 13.5. The number of carbonyl (C=O) groups is 1. The number of hydrogen-bond acceptors (Lipinski definition) is 5. The summed E-state index contributed by atoms with van der Waals surface area (Å²) in [4.78, 5) is 12.6. The monoisotopic (exact) mass is 310 g/mol. The summed E-state index contributed by atoms with van der Waals surface area (Å²) < 4.78 is 1.33. The van der Waals surface area contributed by atoms with Gasteiger partial charge in [0.05, 0.1) is 5.69 Å². The Morgan fingerprint density at radius 3 is 2.52 bits per heavy atom. The number of hydrogen-bond donors (Lipinski definition) is 2. The summed E-state index contributed by atoms with van der Waals surface area (Å²) in [6.45, 7) is 7.75. The molecule has 0 saturated heterocycles. The van der Waals surface area contributed by atoms with Crippen molar-refractivity contribution < 1.29 is 4.79 Å². The van der Waals surface area contributed by atoms with E-state index in [1.165, 1.54) is 10.2 Å². The van der Waals surface area contributed by atoms with E-state index in [2.05, 4.69) is 25.8 Å². The molecule has 0 saturated carbocycles. The van der Waals surface area contributed by atoms with Gasteiger partial charge in [0.1, 0.15) is 0 Å². The summed E-state index contributed by atoms with van der Waals surface area (Å²) in [5, 5.41) is 17.8. The van der Waals surface area contributed by atoms with Crippen LogP contribution in [-0.2, 0) is 0 Å². The highest BCUT2D eigenvalue weighted by Crippen LogP contribution is 2.20. The second-order valence-electron chi connectivity index (χ2n) is 5.59. The number of carbonyl (C=O) groups excluding carboxylic acids is 1. The number of aromatic amines is 1. The Labute approximate surface area is 133 Å². The Balaban J connectivity index is 1.91. The quantitative estimate of drug-likeness (QED) is 0.776. The second-order valence-corrected chi connectivity index (χ2v) is 5.59. The van der Waals surface area contributed by atoms with Crippen molar-refractivity contribution in [1.29, 1.82) is 0 Å². The van der Waals surface area contributed by atoms with Crippen molar-refractivity contribution in [2.75, 3.05) is 5.32 Å². The fourth-order valence-electron chi connectivity index (χ4n) is 2.36. The van der Waals surface area contributed by atoms with Gasteiger partial charge >= 0.3 is 5.91 Å². The molecule has 118 valence electrons. The van der Waals surface area contributed by atoms with E-state index < -0.39 is 0 Å². The molecule has 0 bridgehead atoms. The van der Waals surface area contributed by atoms with E-state index in [9.17, 15) is 4.79 Å². The van der Waals surface area contributed by atoms with E-state index >= 15 is 0 Å². The van der Waals surface area contributed by atoms with Gasteiger partial charge in [-0.25, -0.2) is 0 Å². The van der Waals surface area contributed by atoms with Crippen molar-refractivity contribution >= 4 is 17.4 Å². The van der Waals surface area contributed by atoms with E-state index in [4.69, 9.17) is 0 Å². The van der Waals surface area contributed by atoms with Crippen LogP contribution in [0.5, 0.6) is 0 Å². The molecule has 0 atom stereocenters. The van der Waals surface area contributed by atoms with Crippen LogP contribution in [0, 0.1) is 27.7 Å².